The third kappa shape index (κ3) is 4.43. The fourth-order valence-electron chi connectivity index (χ4n) is 5.46. The van der Waals surface area contributed by atoms with Gasteiger partial charge in [0.1, 0.15) is 11.6 Å². The average molecular weight is 502 g/mol. The van der Waals surface area contributed by atoms with E-state index in [1.165, 1.54) is 40.1 Å². The normalized spacial score (nSPS) is 16.6. The van der Waals surface area contributed by atoms with Gasteiger partial charge >= 0.3 is 0 Å². The highest BCUT2D eigenvalue weighted by Crippen LogP contribution is 2.44. The van der Waals surface area contributed by atoms with Crippen LogP contribution in [0.3, 0.4) is 0 Å². The molecule has 2 N–H and O–H groups in total. The molecule has 1 aliphatic heterocycles. The van der Waals surface area contributed by atoms with Gasteiger partial charge in [-0.15, -0.1) is 0 Å². The predicted octanol–water partition coefficient (Wildman–Crippen LogP) is 5.70. The highest BCUT2D eigenvalue weighted by molar-refractivity contribution is 5.94. The molecule has 1 atom stereocenters. The zero-order valence-electron chi connectivity index (χ0n) is 21.6. The molecule has 0 spiro atoms. The number of piperazine rings is 1. The van der Waals surface area contributed by atoms with Crippen molar-refractivity contribution in [1.29, 1.82) is 0 Å². The van der Waals surface area contributed by atoms with Gasteiger partial charge in [0, 0.05) is 55.6 Å². The Balaban J connectivity index is 1.24. The first kappa shape index (κ1) is 23.0. The van der Waals surface area contributed by atoms with Crippen molar-refractivity contribution in [3.8, 4) is 11.4 Å². The standard InChI is InChI=1S/C31H31N7/c1-20(23-9-6-21-4-2-3-5-24(21)16-23)35-28-17-25(10-11-34-28)30-36-27-19-33-18-26(22-7-8-22)29(27)31(37-30)38-14-12-32-13-15-38/h2-6,9-11,16-20,22,32H,7-8,12-15H2,1H3,(H,34,35)/t20-/m1/s1. The number of hydrogen-bond donors (Lipinski definition) is 2. The molecule has 3 aromatic heterocycles. The van der Waals surface area contributed by atoms with E-state index in [-0.39, 0.29) is 6.04 Å². The molecule has 38 heavy (non-hydrogen) atoms. The fraction of sp³-hybridized carbons (Fsp3) is 0.290. The molecule has 7 heteroatoms. The first-order valence-electron chi connectivity index (χ1n) is 13.6. The van der Waals surface area contributed by atoms with Crippen LogP contribution in [0, 0.1) is 0 Å². The lowest BCUT2D eigenvalue weighted by atomic mass is 10.0. The van der Waals surface area contributed by atoms with Crippen molar-refractivity contribution in [2.24, 2.45) is 0 Å². The lowest BCUT2D eigenvalue weighted by molar-refractivity contribution is 0.586. The highest BCUT2D eigenvalue weighted by atomic mass is 15.2. The Labute approximate surface area is 222 Å². The van der Waals surface area contributed by atoms with Crippen molar-refractivity contribution in [1.82, 2.24) is 25.3 Å². The maximum absolute atomic E-state index is 5.18. The number of aromatic nitrogens is 4. The Hall–Kier alpha value is -4.10. The SMILES string of the molecule is C[C@@H](Nc1cc(-c2nc(N3CCNCC3)c3c(C4CC4)cncc3n2)ccn1)c1ccc2ccccc2c1. The van der Waals surface area contributed by atoms with Crippen LogP contribution in [0.25, 0.3) is 33.1 Å². The van der Waals surface area contributed by atoms with Gasteiger partial charge in [-0.1, -0.05) is 36.4 Å². The van der Waals surface area contributed by atoms with Crippen LogP contribution in [-0.4, -0.2) is 46.1 Å². The number of fused-ring (bicyclic) bond motifs is 2. The highest BCUT2D eigenvalue weighted by Gasteiger charge is 2.29. The van der Waals surface area contributed by atoms with Crippen molar-refractivity contribution in [3.63, 3.8) is 0 Å². The summed E-state index contributed by atoms with van der Waals surface area (Å²) in [6.45, 7) is 5.95. The maximum Gasteiger partial charge on any atom is 0.162 e. The van der Waals surface area contributed by atoms with E-state index in [9.17, 15) is 0 Å². The minimum atomic E-state index is 0.0987. The minimum Gasteiger partial charge on any atom is -0.364 e. The zero-order valence-corrected chi connectivity index (χ0v) is 21.6. The van der Waals surface area contributed by atoms with E-state index in [1.807, 2.05) is 24.7 Å². The van der Waals surface area contributed by atoms with Crippen molar-refractivity contribution < 1.29 is 0 Å². The molecule has 0 radical (unpaired) electrons. The third-order valence-electron chi connectivity index (χ3n) is 7.71. The van der Waals surface area contributed by atoms with Crippen LogP contribution < -0.4 is 15.5 Å². The lowest BCUT2D eigenvalue weighted by Gasteiger charge is -2.30. The van der Waals surface area contributed by atoms with Crippen LogP contribution in [0.15, 0.2) is 73.2 Å². The summed E-state index contributed by atoms with van der Waals surface area (Å²) in [4.78, 5) is 21.8. The first-order valence-corrected chi connectivity index (χ1v) is 13.6. The first-order chi connectivity index (χ1) is 18.7. The van der Waals surface area contributed by atoms with E-state index in [1.54, 1.807) is 0 Å². The molecule has 0 bridgehead atoms. The summed E-state index contributed by atoms with van der Waals surface area (Å²) in [5, 5.41) is 10.7. The van der Waals surface area contributed by atoms with Gasteiger partial charge in [0.25, 0.3) is 0 Å². The Morgan fingerprint density at radius 1 is 0.947 bits per heavy atom. The molecule has 0 unspecified atom stereocenters. The number of rotatable bonds is 6. The molecule has 1 aliphatic carbocycles. The van der Waals surface area contributed by atoms with E-state index in [0.717, 1.165) is 48.9 Å². The van der Waals surface area contributed by atoms with Gasteiger partial charge in [-0.3, -0.25) is 4.98 Å². The third-order valence-corrected chi connectivity index (χ3v) is 7.71. The average Bonchev–Trinajstić information content (AvgIpc) is 3.82. The molecule has 2 aromatic carbocycles. The Morgan fingerprint density at radius 3 is 2.63 bits per heavy atom. The summed E-state index contributed by atoms with van der Waals surface area (Å²) in [6.07, 6.45) is 8.19. The second kappa shape index (κ2) is 9.65. The van der Waals surface area contributed by atoms with Crippen LogP contribution in [0.4, 0.5) is 11.6 Å². The van der Waals surface area contributed by atoms with E-state index in [4.69, 9.17) is 9.97 Å². The van der Waals surface area contributed by atoms with Crippen molar-refractivity contribution in [2.75, 3.05) is 36.4 Å². The molecular formula is C31H31N7. The molecular weight excluding hydrogens is 470 g/mol. The van der Waals surface area contributed by atoms with Crippen LogP contribution >= 0.6 is 0 Å². The molecule has 2 fully saturated rings. The Bertz CT molecular complexity index is 1620. The largest absolute Gasteiger partial charge is 0.364 e. The molecule has 1 saturated carbocycles. The predicted molar refractivity (Wildman–Crippen MR) is 154 cm³/mol. The van der Waals surface area contributed by atoms with Gasteiger partial charge in [-0.2, -0.15) is 0 Å². The zero-order chi connectivity index (χ0) is 25.5. The quantitative estimate of drug-likeness (QED) is 0.309. The summed E-state index contributed by atoms with van der Waals surface area (Å²) in [7, 11) is 0. The number of benzene rings is 2. The molecule has 0 amide bonds. The molecule has 7 nitrogen and oxygen atoms in total. The van der Waals surface area contributed by atoms with E-state index >= 15 is 0 Å². The molecule has 7 rings (SSSR count). The number of anilines is 2. The fourth-order valence-corrected chi connectivity index (χ4v) is 5.46. The second-order valence-corrected chi connectivity index (χ2v) is 10.4. The monoisotopic (exact) mass is 501 g/mol. The number of hydrogen-bond acceptors (Lipinski definition) is 7. The summed E-state index contributed by atoms with van der Waals surface area (Å²) in [5.41, 5.74) is 4.38. The van der Waals surface area contributed by atoms with Crippen LogP contribution in [0.5, 0.6) is 0 Å². The van der Waals surface area contributed by atoms with Crippen LogP contribution in [0.2, 0.25) is 0 Å². The van der Waals surface area contributed by atoms with Crippen molar-refractivity contribution >= 4 is 33.3 Å². The van der Waals surface area contributed by atoms with Gasteiger partial charge < -0.3 is 15.5 Å². The van der Waals surface area contributed by atoms with Gasteiger partial charge in [-0.25, -0.2) is 15.0 Å². The van der Waals surface area contributed by atoms with E-state index in [0.29, 0.717) is 11.7 Å². The summed E-state index contributed by atoms with van der Waals surface area (Å²) >= 11 is 0. The molecule has 2 aliphatic rings. The number of nitrogens with zero attached hydrogens (tertiary/aromatic N) is 5. The van der Waals surface area contributed by atoms with Crippen LogP contribution in [-0.2, 0) is 0 Å². The number of nitrogens with one attached hydrogen (secondary N) is 2. The van der Waals surface area contributed by atoms with Crippen molar-refractivity contribution in [3.05, 3.63) is 84.3 Å². The smallest absolute Gasteiger partial charge is 0.162 e. The topological polar surface area (TPSA) is 78.9 Å². The second-order valence-electron chi connectivity index (χ2n) is 10.4. The maximum atomic E-state index is 5.18. The Kier molecular flexibility index (Phi) is 5.85. The molecule has 1 saturated heterocycles. The van der Waals surface area contributed by atoms with Gasteiger partial charge in [0.05, 0.1) is 11.7 Å². The Morgan fingerprint density at radius 2 is 1.79 bits per heavy atom. The number of pyridine rings is 2. The van der Waals surface area contributed by atoms with Gasteiger partial charge in [-0.05, 0) is 65.8 Å². The molecule has 5 aromatic rings. The minimum absolute atomic E-state index is 0.0987. The molecule has 4 heterocycles. The van der Waals surface area contributed by atoms with Crippen molar-refractivity contribution in [2.45, 2.75) is 31.7 Å². The van der Waals surface area contributed by atoms with Gasteiger partial charge in [0.2, 0.25) is 0 Å². The molecule has 190 valence electrons. The van der Waals surface area contributed by atoms with E-state index in [2.05, 4.69) is 81.0 Å². The summed E-state index contributed by atoms with van der Waals surface area (Å²) in [6, 6.07) is 19.2. The summed E-state index contributed by atoms with van der Waals surface area (Å²) in [5.74, 6) is 3.13. The summed E-state index contributed by atoms with van der Waals surface area (Å²) < 4.78 is 0. The van der Waals surface area contributed by atoms with Crippen LogP contribution in [0.1, 0.15) is 42.9 Å². The van der Waals surface area contributed by atoms with Gasteiger partial charge in [0.15, 0.2) is 5.82 Å². The van der Waals surface area contributed by atoms with E-state index < -0.39 is 0 Å². The lowest BCUT2D eigenvalue weighted by Crippen LogP contribution is -2.44.